The van der Waals surface area contributed by atoms with E-state index in [0.29, 0.717) is 0 Å². The Morgan fingerprint density at radius 1 is 1.08 bits per heavy atom. The van der Waals surface area contributed by atoms with E-state index in [-0.39, 0.29) is 143 Å². The van der Waals surface area contributed by atoms with Crippen molar-refractivity contribution in [3.8, 4) is 0 Å². The predicted molar refractivity (Wildman–Crippen MR) is 64.2 cm³/mol. The SMILES string of the molecule is O=S(=O)(O)S.O=[Si](O)O.[CaH2].[CaH2].[CaH2].[NaH]. The summed E-state index contributed by atoms with van der Waals surface area (Å²) >= 11 is 2.65. The van der Waals surface area contributed by atoms with Crippen LogP contribution in [0.3, 0.4) is 0 Å². The van der Waals surface area contributed by atoms with Gasteiger partial charge in [-0.25, -0.2) is 0 Å². The van der Waals surface area contributed by atoms with Gasteiger partial charge in [0, 0.05) is 0 Å². The molecule has 0 fully saturated rings. The van der Waals surface area contributed by atoms with Crippen molar-refractivity contribution in [2.45, 2.75) is 0 Å². The van der Waals surface area contributed by atoms with Crippen molar-refractivity contribution in [2.75, 3.05) is 0 Å². The second-order valence-electron chi connectivity index (χ2n) is 0.730. The van der Waals surface area contributed by atoms with E-state index in [1.807, 2.05) is 0 Å². The normalized spacial score (nSPS) is 6.31. The summed E-state index contributed by atoms with van der Waals surface area (Å²) in [6.07, 6.45) is 0. The molecule has 0 aromatic heterocycles. The molecule has 0 spiro atoms. The van der Waals surface area contributed by atoms with Crippen molar-refractivity contribution in [1.29, 1.82) is 0 Å². The summed E-state index contributed by atoms with van der Waals surface area (Å²) in [5.41, 5.74) is 0. The van der Waals surface area contributed by atoms with Crippen LogP contribution in [-0.2, 0) is 13.6 Å². The molecule has 0 radical (unpaired) electrons. The molecule has 13 heavy (non-hydrogen) atoms. The molecule has 0 bridgehead atoms. The third-order valence-corrected chi connectivity index (χ3v) is 0. The quantitative estimate of drug-likeness (QED) is 0.151. The Balaban J connectivity index is -0.0000000146. The van der Waals surface area contributed by atoms with E-state index >= 15 is 0 Å². The van der Waals surface area contributed by atoms with Crippen molar-refractivity contribution >= 4 is 173 Å². The average molecular weight is 343 g/mol. The molecular formula is H11Ca3NaO6S2Si. The maximum absolute atomic E-state index is 9.05. The van der Waals surface area contributed by atoms with Gasteiger partial charge in [0.15, 0.2) is 0 Å². The minimum absolute atomic E-state index is 0. The Kier molecular flexibility index (Phi) is 60.7. The summed E-state index contributed by atoms with van der Waals surface area (Å²) in [6.45, 7) is 0. The maximum atomic E-state index is 9.05. The van der Waals surface area contributed by atoms with Crippen molar-refractivity contribution in [3.05, 3.63) is 0 Å². The monoisotopic (exact) mass is 342 g/mol. The predicted octanol–water partition coefficient (Wildman–Crippen LogP) is -5.29. The van der Waals surface area contributed by atoms with Crippen molar-refractivity contribution < 1.29 is 27.0 Å². The molecule has 0 saturated carbocycles. The molecule has 0 aliphatic rings. The van der Waals surface area contributed by atoms with E-state index in [1.165, 1.54) is 0 Å². The van der Waals surface area contributed by atoms with Gasteiger partial charge in [0.25, 0.3) is 0 Å². The molecular weight excluding hydrogens is 331 g/mol. The molecule has 6 nitrogen and oxygen atoms in total. The molecule has 0 unspecified atom stereocenters. The van der Waals surface area contributed by atoms with E-state index < -0.39 is 18.3 Å². The first-order valence-corrected chi connectivity index (χ1v) is 5.14. The van der Waals surface area contributed by atoms with Gasteiger partial charge in [-0.05, 0) is 11.7 Å². The van der Waals surface area contributed by atoms with Gasteiger partial charge in [0.05, 0.1) is 0 Å². The van der Waals surface area contributed by atoms with Crippen LogP contribution in [0.2, 0.25) is 0 Å². The van der Waals surface area contributed by atoms with Crippen LogP contribution in [0.1, 0.15) is 0 Å². The second kappa shape index (κ2) is 21.9. The fourth-order valence-corrected chi connectivity index (χ4v) is 0. The zero-order chi connectivity index (χ0) is 8.08. The average Bonchev–Trinajstić information content (AvgIpc) is 1.19. The van der Waals surface area contributed by atoms with Crippen molar-refractivity contribution in [2.24, 2.45) is 0 Å². The van der Waals surface area contributed by atoms with Crippen LogP contribution < -0.4 is 0 Å². The van der Waals surface area contributed by atoms with Crippen LogP contribution in [0.4, 0.5) is 0 Å². The van der Waals surface area contributed by atoms with Crippen LogP contribution in [0.25, 0.3) is 0 Å². The van der Waals surface area contributed by atoms with Gasteiger partial charge >= 0.3 is 161 Å². The molecule has 70 valence electrons. The van der Waals surface area contributed by atoms with Crippen molar-refractivity contribution in [3.63, 3.8) is 0 Å². The summed E-state index contributed by atoms with van der Waals surface area (Å²) < 4.78 is 34.2. The number of rotatable bonds is 0. The Morgan fingerprint density at radius 3 is 1.08 bits per heavy atom. The Bertz CT molecular complexity index is 168. The van der Waals surface area contributed by atoms with Gasteiger partial charge in [-0.2, -0.15) is 8.42 Å². The Morgan fingerprint density at radius 2 is 1.08 bits per heavy atom. The fraction of sp³-hybridized carbons (Fsp3) is 0. The standard InChI is InChI=1S/3Ca.Na.H2O3S2.H2O3Si.7H/c;;;;1-5(2,3)4;1-4(2)3;;;;;;;/h;;;;(H2,1,2,3,4);1-2H;;;;;;;. The summed E-state index contributed by atoms with van der Waals surface area (Å²) in [6, 6.07) is 0. The second-order valence-corrected chi connectivity index (χ2v) is 3.58. The topological polar surface area (TPSA) is 112 Å². The van der Waals surface area contributed by atoms with Gasteiger partial charge < -0.3 is 9.59 Å². The Hall–Kier alpha value is 4.66. The molecule has 13 heteroatoms. The molecule has 0 aliphatic carbocycles. The third kappa shape index (κ3) is 165. The van der Waals surface area contributed by atoms with E-state index in [2.05, 4.69) is 11.7 Å². The van der Waals surface area contributed by atoms with Gasteiger partial charge in [0.1, 0.15) is 0 Å². The third-order valence-electron chi connectivity index (χ3n) is 0. The van der Waals surface area contributed by atoms with E-state index in [4.69, 9.17) is 27.0 Å². The van der Waals surface area contributed by atoms with Crippen LogP contribution >= 0.6 is 11.7 Å². The van der Waals surface area contributed by atoms with E-state index in [1.54, 1.807) is 0 Å². The zero-order valence-corrected chi connectivity index (χ0v) is 6.63. The van der Waals surface area contributed by atoms with Crippen LogP contribution in [0.5, 0.6) is 0 Å². The van der Waals surface area contributed by atoms with Gasteiger partial charge in [-0.1, -0.05) is 0 Å². The molecule has 0 atom stereocenters. The van der Waals surface area contributed by atoms with E-state index in [0.717, 1.165) is 0 Å². The number of thiol groups is 1. The molecule has 0 saturated heterocycles. The van der Waals surface area contributed by atoms with Gasteiger partial charge in [-0.15, -0.1) is 0 Å². The van der Waals surface area contributed by atoms with Crippen LogP contribution in [-0.4, -0.2) is 175 Å². The molecule has 0 aromatic rings. The number of hydrogen-bond acceptors (Lipinski definition) is 3. The van der Waals surface area contributed by atoms with Gasteiger partial charge in [-0.3, -0.25) is 9.01 Å². The van der Waals surface area contributed by atoms with Crippen molar-refractivity contribution in [1.82, 2.24) is 0 Å². The van der Waals surface area contributed by atoms with Gasteiger partial charge in [0.2, 0.25) is 0 Å². The first-order valence-electron chi connectivity index (χ1n) is 1.35. The van der Waals surface area contributed by atoms with E-state index in [9.17, 15) is 0 Å². The molecule has 3 N–H and O–H groups in total. The summed E-state index contributed by atoms with van der Waals surface area (Å²) in [4.78, 5) is 14.3. The minimum atomic E-state index is -3.97. The number of hydrogen-bond donors (Lipinski definition) is 4. The zero-order valence-electron chi connectivity index (χ0n) is 3.92. The molecule has 0 heterocycles. The van der Waals surface area contributed by atoms with Crippen LogP contribution in [0.15, 0.2) is 0 Å². The molecule has 0 aromatic carbocycles. The molecule has 0 rings (SSSR count). The molecule has 0 aliphatic heterocycles. The fourth-order valence-electron chi connectivity index (χ4n) is 0. The summed E-state index contributed by atoms with van der Waals surface area (Å²) in [7, 11) is -7.10. The summed E-state index contributed by atoms with van der Waals surface area (Å²) in [5.74, 6) is 0. The Labute approximate surface area is 194 Å². The van der Waals surface area contributed by atoms with Crippen LogP contribution in [0, 0.1) is 0 Å². The summed E-state index contributed by atoms with van der Waals surface area (Å²) in [5, 5.41) is 0. The first-order chi connectivity index (χ1) is 3.73. The molecule has 0 amide bonds. The first kappa shape index (κ1) is 36.1.